The summed E-state index contributed by atoms with van der Waals surface area (Å²) in [5.41, 5.74) is 10.0. The minimum Gasteiger partial charge on any atom is -0.306 e. The van der Waals surface area contributed by atoms with Crippen molar-refractivity contribution in [3.8, 4) is 0 Å². The predicted molar refractivity (Wildman–Crippen MR) is 188 cm³/mol. The molecule has 1 aliphatic heterocycles. The van der Waals surface area contributed by atoms with Gasteiger partial charge >= 0.3 is 0 Å². The molecular weight excluding hydrogens is 530 g/mol. The van der Waals surface area contributed by atoms with Gasteiger partial charge in [-0.05, 0) is 103 Å². The quantitative estimate of drug-likeness (QED) is 0.165. The molecule has 0 bridgehead atoms. The Balaban J connectivity index is 1.35. The highest BCUT2D eigenvalue weighted by Gasteiger charge is 2.28. The fourth-order valence-electron chi connectivity index (χ4n) is 8.07. The number of benzene rings is 5. The van der Waals surface area contributed by atoms with Gasteiger partial charge in [-0.15, -0.1) is 0 Å². The van der Waals surface area contributed by atoms with E-state index in [1.54, 1.807) is 0 Å². The van der Waals surface area contributed by atoms with E-state index in [0.717, 1.165) is 38.6 Å². The van der Waals surface area contributed by atoms with Crippen LogP contribution >= 0.6 is 0 Å². The average Bonchev–Trinajstić information content (AvgIpc) is 3.10. The molecule has 0 saturated carbocycles. The Morgan fingerprint density at radius 2 is 1.36 bits per heavy atom. The van der Waals surface area contributed by atoms with Crippen molar-refractivity contribution in [1.29, 1.82) is 0 Å². The number of allylic oxidation sites excluding steroid dienone is 3. The first-order valence-corrected chi connectivity index (χ1v) is 16.4. The molecule has 2 aliphatic carbocycles. The van der Waals surface area contributed by atoms with Crippen LogP contribution < -0.4 is 15.8 Å². The number of hydrogen-bond donors (Lipinski definition) is 1. The molecule has 2 atom stereocenters. The highest BCUT2D eigenvalue weighted by molar-refractivity contribution is 6.16. The Morgan fingerprint density at radius 1 is 0.682 bits per heavy atom. The van der Waals surface area contributed by atoms with Crippen molar-refractivity contribution in [3.63, 3.8) is 0 Å². The molecule has 1 heteroatoms. The Morgan fingerprint density at radius 3 is 2.09 bits per heavy atom. The molecule has 0 amide bonds. The van der Waals surface area contributed by atoms with Gasteiger partial charge in [0.2, 0.25) is 0 Å². The molecule has 0 saturated heterocycles. The lowest BCUT2D eigenvalue weighted by Crippen LogP contribution is -2.33. The van der Waals surface area contributed by atoms with Gasteiger partial charge in [-0.3, -0.25) is 0 Å². The number of hydrogen-bond acceptors (Lipinski definition) is 1. The molecule has 0 aromatic heterocycles. The van der Waals surface area contributed by atoms with E-state index in [9.17, 15) is 0 Å². The molecule has 3 aliphatic rings. The van der Waals surface area contributed by atoms with Crippen LogP contribution in [0.1, 0.15) is 60.9 Å². The van der Waals surface area contributed by atoms with Crippen LogP contribution in [0.3, 0.4) is 0 Å². The zero-order valence-corrected chi connectivity index (χ0v) is 25.5. The summed E-state index contributed by atoms with van der Waals surface area (Å²) in [5.74, 6) is 0.316. The third-order valence-corrected chi connectivity index (χ3v) is 10.0. The minimum absolute atomic E-state index is 0.284. The summed E-state index contributed by atoms with van der Waals surface area (Å²) < 4.78 is 0. The highest BCUT2D eigenvalue weighted by atomic mass is 14.9. The van der Waals surface area contributed by atoms with Gasteiger partial charge in [0.25, 0.3) is 0 Å². The van der Waals surface area contributed by atoms with Crippen LogP contribution in [0.25, 0.3) is 38.8 Å². The predicted octanol–water partition coefficient (Wildman–Crippen LogP) is 8.95. The standard InChI is InChI=1S/C43H39N/c1-2-29-16-11-24-35-33(29)23-12-25-36(35)42-39-21-8-6-19-37(39)41(38-20-7-9-22-40(38)42)32-18-10-17-31(28-32)34-26-13-27-44-43(34)30-14-4-3-5-15-30/h3-9,11,13-17,19-24,26,28,34,43-44H,2,10,12,18,25,27H2,1H3. The van der Waals surface area contributed by atoms with Crippen molar-refractivity contribution < 1.29 is 0 Å². The molecule has 2 unspecified atom stereocenters. The summed E-state index contributed by atoms with van der Waals surface area (Å²) in [4.78, 5) is 0. The molecule has 44 heavy (non-hydrogen) atoms. The Hall–Kier alpha value is -4.46. The van der Waals surface area contributed by atoms with E-state index in [1.165, 1.54) is 71.0 Å². The molecular formula is C43H39N. The van der Waals surface area contributed by atoms with Crippen molar-refractivity contribution in [1.82, 2.24) is 5.32 Å². The highest BCUT2D eigenvalue weighted by Crippen LogP contribution is 2.44. The molecule has 8 rings (SSSR count). The molecule has 1 N–H and O–H groups in total. The summed E-state index contributed by atoms with van der Waals surface area (Å²) in [7, 11) is 0. The van der Waals surface area contributed by atoms with Crippen molar-refractivity contribution in [2.45, 2.75) is 45.1 Å². The van der Waals surface area contributed by atoms with Gasteiger partial charge in [0.15, 0.2) is 0 Å². The van der Waals surface area contributed by atoms with Crippen LogP contribution in [0.4, 0.5) is 0 Å². The molecule has 0 fully saturated rings. The maximum atomic E-state index is 3.79. The van der Waals surface area contributed by atoms with Gasteiger partial charge < -0.3 is 5.32 Å². The first kappa shape index (κ1) is 27.1. The van der Waals surface area contributed by atoms with Crippen LogP contribution in [0.2, 0.25) is 0 Å². The Labute approximate surface area is 260 Å². The summed E-state index contributed by atoms with van der Waals surface area (Å²) in [6, 6.07) is 36.5. The fraction of sp³-hybridized carbons (Fsp3) is 0.209. The van der Waals surface area contributed by atoms with Gasteiger partial charge in [-0.1, -0.05) is 134 Å². The lowest BCUT2D eigenvalue weighted by molar-refractivity contribution is 0.466. The van der Waals surface area contributed by atoms with Gasteiger partial charge in [0.05, 0.1) is 0 Å². The number of rotatable bonds is 5. The van der Waals surface area contributed by atoms with Gasteiger partial charge in [-0.25, -0.2) is 0 Å². The smallest absolute Gasteiger partial charge is 0.0427 e. The number of fused-ring (bicyclic) bond motifs is 3. The van der Waals surface area contributed by atoms with Crippen LogP contribution in [-0.4, -0.2) is 6.54 Å². The lowest BCUT2D eigenvalue weighted by Gasteiger charge is -2.32. The molecule has 1 nitrogen and oxygen atoms in total. The molecule has 0 radical (unpaired) electrons. The first-order chi connectivity index (χ1) is 21.8. The largest absolute Gasteiger partial charge is 0.306 e. The molecule has 216 valence electrons. The van der Waals surface area contributed by atoms with Crippen molar-refractivity contribution >= 4 is 38.8 Å². The summed E-state index contributed by atoms with van der Waals surface area (Å²) in [5, 5.41) is 12.2. The number of nitrogens with one attached hydrogen (secondary N) is 1. The van der Waals surface area contributed by atoms with E-state index in [2.05, 4.69) is 140 Å². The second kappa shape index (κ2) is 11.6. The summed E-state index contributed by atoms with van der Waals surface area (Å²) in [6.07, 6.45) is 17.6. The molecule has 5 aromatic carbocycles. The first-order valence-electron chi connectivity index (χ1n) is 16.4. The second-order valence-corrected chi connectivity index (χ2v) is 12.5. The molecule has 0 spiro atoms. The SMILES string of the molecule is CCc1cccc2c1=CCCC=2c1c2ccccc2c(C2=CC(C3C=CCNC3c3ccccc3)=CCC2)c2ccccc12. The topological polar surface area (TPSA) is 12.0 Å². The summed E-state index contributed by atoms with van der Waals surface area (Å²) >= 11 is 0. The fourth-order valence-corrected chi connectivity index (χ4v) is 8.07. The third kappa shape index (κ3) is 4.59. The van der Waals surface area contributed by atoms with Crippen molar-refractivity contribution in [2.75, 3.05) is 6.54 Å². The normalized spacial score (nSPS) is 19.8. The third-order valence-electron chi connectivity index (χ3n) is 10.0. The molecule has 1 heterocycles. The Kier molecular flexibility index (Phi) is 7.12. The van der Waals surface area contributed by atoms with E-state index in [4.69, 9.17) is 0 Å². The van der Waals surface area contributed by atoms with E-state index < -0.39 is 0 Å². The van der Waals surface area contributed by atoms with E-state index in [0.29, 0.717) is 5.92 Å². The Bertz CT molecular complexity index is 2050. The van der Waals surface area contributed by atoms with Gasteiger partial charge in [0, 0.05) is 18.5 Å². The zero-order chi connectivity index (χ0) is 29.5. The number of aryl methyl sites for hydroxylation is 1. The molecule has 5 aromatic rings. The van der Waals surface area contributed by atoms with Gasteiger partial charge in [-0.2, -0.15) is 0 Å². The monoisotopic (exact) mass is 569 g/mol. The summed E-state index contributed by atoms with van der Waals surface area (Å²) in [6.45, 7) is 3.19. The van der Waals surface area contributed by atoms with Crippen molar-refractivity contribution in [2.24, 2.45) is 5.92 Å². The average molecular weight is 570 g/mol. The minimum atomic E-state index is 0.284. The van der Waals surface area contributed by atoms with Crippen LogP contribution in [0, 0.1) is 5.92 Å². The lowest BCUT2D eigenvalue weighted by atomic mass is 9.78. The van der Waals surface area contributed by atoms with Crippen LogP contribution in [0.5, 0.6) is 0 Å². The van der Waals surface area contributed by atoms with Gasteiger partial charge in [0.1, 0.15) is 0 Å². The van der Waals surface area contributed by atoms with E-state index >= 15 is 0 Å². The maximum Gasteiger partial charge on any atom is 0.0427 e. The van der Waals surface area contributed by atoms with Crippen LogP contribution in [-0.2, 0) is 6.42 Å². The van der Waals surface area contributed by atoms with Crippen molar-refractivity contribution in [3.05, 3.63) is 160 Å². The zero-order valence-electron chi connectivity index (χ0n) is 25.5. The van der Waals surface area contributed by atoms with E-state index in [-0.39, 0.29) is 6.04 Å². The van der Waals surface area contributed by atoms with Crippen LogP contribution in [0.15, 0.2) is 127 Å². The second-order valence-electron chi connectivity index (χ2n) is 12.5. The van der Waals surface area contributed by atoms with E-state index in [1.807, 2.05) is 0 Å². The maximum absolute atomic E-state index is 3.79.